The van der Waals surface area contributed by atoms with Gasteiger partial charge in [-0.15, -0.1) is 9.05 Å². The Bertz CT molecular complexity index is 1150. The molecule has 1 N–H and O–H groups in total. The molecule has 2 aromatic heterocycles. The third kappa shape index (κ3) is 5.20. The lowest BCUT2D eigenvalue weighted by Crippen LogP contribution is -2.37. The van der Waals surface area contributed by atoms with Crippen LogP contribution in [0.2, 0.25) is 10.0 Å². The van der Waals surface area contributed by atoms with Gasteiger partial charge in [0.15, 0.2) is 0 Å². The molecule has 0 amide bonds. The molecule has 1 aliphatic heterocycles. The van der Waals surface area contributed by atoms with E-state index in [9.17, 15) is 4.57 Å². The topological polar surface area (TPSA) is 104 Å². The molecule has 0 spiro atoms. The number of pyridine rings is 1. The number of piperidine rings is 1. The van der Waals surface area contributed by atoms with Crippen molar-refractivity contribution < 1.29 is 13.6 Å². The standard InChI is InChI=1S/C21H21Cl2N5O3P/c22-18-5-4-16-17(15-10-25-26-11-15)9-19(27-21(16)20(18)23)28-7-1-3-14(12-28)13-31-32(29)30-8-2-6-24/h4-5,9-11,14H,1-3,7-8,12-13H2,(H,25,26)/q+1. The lowest BCUT2D eigenvalue weighted by molar-refractivity contribution is 0.189. The Kier molecular flexibility index (Phi) is 7.56. The summed E-state index contributed by atoms with van der Waals surface area (Å²) in [4.78, 5) is 7.02. The second kappa shape index (κ2) is 10.6. The first kappa shape index (κ1) is 22.9. The summed E-state index contributed by atoms with van der Waals surface area (Å²) in [7, 11) is -2.22. The van der Waals surface area contributed by atoms with Gasteiger partial charge >= 0.3 is 8.25 Å². The van der Waals surface area contributed by atoms with Gasteiger partial charge in [0.25, 0.3) is 0 Å². The Morgan fingerprint density at radius 3 is 3.00 bits per heavy atom. The molecule has 1 aliphatic rings. The van der Waals surface area contributed by atoms with Crippen LogP contribution in [-0.2, 0) is 13.6 Å². The summed E-state index contributed by atoms with van der Waals surface area (Å²) >= 11 is 12.8. The molecule has 11 heteroatoms. The van der Waals surface area contributed by atoms with Gasteiger partial charge in [0.2, 0.25) is 0 Å². The predicted octanol–water partition coefficient (Wildman–Crippen LogP) is 5.75. The van der Waals surface area contributed by atoms with E-state index in [-0.39, 0.29) is 18.9 Å². The van der Waals surface area contributed by atoms with Gasteiger partial charge in [0.1, 0.15) is 19.0 Å². The van der Waals surface area contributed by atoms with Crippen molar-refractivity contribution in [2.75, 3.05) is 31.2 Å². The quantitative estimate of drug-likeness (QED) is 0.315. The van der Waals surface area contributed by atoms with Crippen LogP contribution in [0.25, 0.3) is 22.0 Å². The van der Waals surface area contributed by atoms with Crippen molar-refractivity contribution in [1.82, 2.24) is 15.2 Å². The van der Waals surface area contributed by atoms with Gasteiger partial charge in [-0.05, 0) is 30.5 Å². The Balaban J connectivity index is 1.56. The second-order valence-electron chi connectivity index (χ2n) is 7.49. The van der Waals surface area contributed by atoms with Gasteiger partial charge in [0, 0.05) is 40.7 Å². The predicted molar refractivity (Wildman–Crippen MR) is 124 cm³/mol. The molecule has 2 unspecified atom stereocenters. The average molecular weight is 493 g/mol. The van der Waals surface area contributed by atoms with E-state index in [1.807, 2.05) is 24.4 Å². The monoisotopic (exact) mass is 492 g/mol. The zero-order chi connectivity index (χ0) is 22.5. The van der Waals surface area contributed by atoms with Crippen molar-refractivity contribution >= 4 is 48.2 Å². The smallest absolute Gasteiger partial charge is 0.356 e. The molecule has 2 atom stereocenters. The number of nitriles is 1. The highest BCUT2D eigenvalue weighted by molar-refractivity contribution is 7.33. The fraction of sp³-hybridized carbons (Fsp3) is 0.381. The fourth-order valence-electron chi connectivity index (χ4n) is 3.80. The molecule has 0 aliphatic carbocycles. The molecule has 0 saturated carbocycles. The molecule has 1 fully saturated rings. The molecule has 166 valence electrons. The minimum atomic E-state index is -2.22. The van der Waals surface area contributed by atoms with Crippen LogP contribution in [0.15, 0.2) is 30.6 Å². The van der Waals surface area contributed by atoms with Crippen molar-refractivity contribution in [2.24, 2.45) is 5.92 Å². The van der Waals surface area contributed by atoms with E-state index in [0.717, 1.165) is 41.7 Å². The normalized spacial score (nSPS) is 16.8. The SMILES string of the molecule is N#CCCO[P+](=O)OCC1CCCN(c2cc(-c3cn[nH]c3)c3ccc(Cl)c(Cl)c3n2)C1. The molecule has 3 heterocycles. The number of aromatic amines is 1. The van der Waals surface area contributed by atoms with E-state index >= 15 is 0 Å². The Morgan fingerprint density at radius 1 is 1.34 bits per heavy atom. The number of hydrogen-bond acceptors (Lipinski definition) is 7. The second-order valence-corrected chi connectivity index (χ2v) is 9.24. The van der Waals surface area contributed by atoms with Gasteiger partial charge in [-0.3, -0.25) is 5.10 Å². The highest BCUT2D eigenvalue weighted by Crippen LogP contribution is 2.38. The zero-order valence-corrected chi connectivity index (χ0v) is 19.5. The number of hydrogen-bond donors (Lipinski definition) is 1. The first-order valence-corrected chi connectivity index (χ1v) is 12.0. The molecule has 32 heavy (non-hydrogen) atoms. The summed E-state index contributed by atoms with van der Waals surface area (Å²) in [5.74, 6) is 0.962. The number of nitrogens with one attached hydrogen (secondary N) is 1. The van der Waals surface area contributed by atoms with Crippen molar-refractivity contribution in [1.29, 1.82) is 5.26 Å². The van der Waals surface area contributed by atoms with Crippen LogP contribution in [0.3, 0.4) is 0 Å². The van der Waals surface area contributed by atoms with Gasteiger partial charge in [-0.2, -0.15) is 10.4 Å². The van der Waals surface area contributed by atoms with Crippen LogP contribution in [0.1, 0.15) is 19.3 Å². The summed E-state index contributed by atoms with van der Waals surface area (Å²) in [5, 5.41) is 17.2. The molecular formula is C21H21Cl2N5O3P+. The van der Waals surface area contributed by atoms with Crippen LogP contribution in [0.5, 0.6) is 0 Å². The van der Waals surface area contributed by atoms with Crippen molar-refractivity contribution in [3.05, 3.63) is 40.6 Å². The number of benzene rings is 1. The Morgan fingerprint density at radius 2 is 2.22 bits per heavy atom. The van der Waals surface area contributed by atoms with Crippen LogP contribution < -0.4 is 4.90 Å². The largest absolute Gasteiger partial charge is 0.697 e. The maximum Gasteiger partial charge on any atom is 0.697 e. The Hall–Kier alpha value is -2.27. The van der Waals surface area contributed by atoms with E-state index < -0.39 is 8.25 Å². The number of nitrogens with zero attached hydrogens (tertiary/aromatic N) is 4. The van der Waals surface area contributed by atoms with E-state index in [1.165, 1.54) is 0 Å². The third-order valence-corrected chi connectivity index (χ3v) is 6.89. The first-order valence-electron chi connectivity index (χ1n) is 10.2. The lowest BCUT2D eigenvalue weighted by Gasteiger charge is -2.33. The minimum absolute atomic E-state index is 0.101. The van der Waals surface area contributed by atoms with E-state index in [1.54, 1.807) is 12.3 Å². The number of fused-ring (bicyclic) bond motifs is 1. The number of anilines is 1. The number of H-pyrrole nitrogens is 1. The maximum absolute atomic E-state index is 11.8. The molecule has 1 saturated heterocycles. The van der Waals surface area contributed by atoms with Crippen molar-refractivity contribution in [3.8, 4) is 17.2 Å². The zero-order valence-electron chi connectivity index (χ0n) is 17.1. The summed E-state index contributed by atoms with van der Waals surface area (Å²) < 4.78 is 22.2. The molecule has 0 radical (unpaired) electrons. The van der Waals surface area contributed by atoms with Gasteiger partial charge in [-0.1, -0.05) is 29.3 Å². The van der Waals surface area contributed by atoms with Crippen molar-refractivity contribution in [3.63, 3.8) is 0 Å². The molecule has 0 bridgehead atoms. The number of halogens is 2. The van der Waals surface area contributed by atoms with Crippen LogP contribution in [-0.4, -0.2) is 41.5 Å². The first-order chi connectivity index (χ1) is 15.6. The van der Waals surface area contributed by atoms with Gasteiger partial charge in [0.05, 0.1) is 34.2 Å². The maximum atomic E-state index is 11.8. The van der Waals surface area contributed by atoms with Crippen molar-refractivity contribution in [2.45, 2.75) is 19.3 Å². The molecular weight excluding hydrogens is 472 g/mol. The fourth-order valence-corrected chi connectivity index (χ4v) is 4.80. The van der Waals surface area contributed by atoms with Gasteiger partial charge < -0.3 is 4.90 Å². The van der Waals surface area contributed by atoms with Gasteiger partial charge in [-0.25, -0.2) is 4.98 Å². The van der Waals surface area contributed by atoms with Crippen LogP contribution >= 0.6 is 31.5 Å². The lowest BCUT2D eigenvalue weighted by atomic mass is 9.98. The number of aromatic nitrogens is 3. The summed E-state index contributed by atoms with van der Waals surface area (Å²) in [5.41, 5.74) is 2.53. The minimum Gasteiger partial charge on any atom is -0.356 e. The molecule has 4 rings (SSSR count). The van der Waals surface area contributed by atoms with E-state index in [4.69, 9.17) is 42.5 Å². The number of rotatable bonds is 8. The highest BCUT2D eigenvalue weighted by atomic mass is 35.5. The third-order valence-electron chi connectivity index (χ3n) is 5.34. The highest BCUT2D eigenvalue weighted by Gasteiger charge is 2.28. The van der Waals surface area contributed by atoms with E-state index in [0.29, 0.717) is 28.7 Å². The Labute approximate surface area is 196 Å². The molecule has 8 nitrogen and oxygen atoms in total. The summed E-state index contributed by atoms with van der Waals surface area (Å²) in [6, 6.07) is 7.66. The molecule has 1 aromatic carbocycles. The van der Waals surface area contributed by atoms with E-state index in [2.05, 4.69) is 15.1 Å². The summed E-state index contributed by atoms with van der Waals surface area (Å²) in [6.07, 6.45) is 5.67. The molecule has 3 aromatic rings. The van der Waals surface area contributed by atoms with Crippen LogP contribution in [0.4, 0.5) is 5.82 Å². The average Bonchev–Trinajstić information content (AvgIpc) is 3.35. The van der Waals surface area contributed by atoms with Crippen LogP contribution in [0, 0.1) is 17.2 Å². The summed E-state index contributed by atoms with van der Waals surface area (Å²) in [6.45, 7) is 1.95.